The molecule has 1 N–H and O–H groups in total. The van der Waals surface area contributed by atoms with Crippen LogP contribution in [0.25, 0.3) is 11.5 Å². The average molecular weight is 330 g/mol. The number of aromatic nitrogens is 5. The topological polar surface area (TPSA) is 71.9 Å². The van der Waals surface area contributed by atoms with Crippen LogP contribution in [0.15, 0.2) is 0 Å². The van der Waals surface area contributed by atoms with E-state index < -0.39 is 0 Å². The number of ether oxygens (including phenoxy) is 1. The van der Waals surface area contributed by atoms with E-state index in [2.05, 4.69) is 26.8 Å². The van der Waals surface area contributed by atoms with E-state index in [9.17, 15) is 0 Å². The number of H-pyrrole nitrogens is 1. The van der Waals surface area contributed by atoms with Crippen molar-refractivity contribution in [2.24, 2.45) is 0 Å². The van der Waals surface area contributed by atoms with Crippen molar-refractivity contribution in [3.05, 3.63) is 17.1 Å². The van der Waals surface area contributed by atoms with Gasteiger partial charge in [0.2, 0.25) is 0 Å². The van der Waals surface area contributed by atoms with Crippen LogP contribution in [0.1, 0.15) is 49.3 Å². The first-order valence-corrected chi connectivity index (χ1v) is 9.04. The summed E-state index contributed by atoms with van der Waals surface area (Å²) >= 11 is 0. The largest absolute Gasteiger partial charge is 0.374 e. The zero-order valence-electron chi connectivity index (χ0n) is 14.6. The molecule has 0 amide bonds. The van der Waals surface area contributed by atoms with Crippen LogP contribution in [0.5, 0.6) is 0 Å². The number of aromatic amines is 1. The molecule has 130 valence electrons. The first-order chi connectivity index (χ1) is 11.8. The molecule has 0 saturated carbocycles. The molecule has 3 heterocycles. The normalized spacial score (nSPS) is 19.1. The van der Waals surface area contributed by atoms with Gasteiger partial charge in [-0.3, -0.25) is 5.10 Å². The van der Waals surface area contributed by atoms with Gasteiger partial charge in [-0.2, -0.15) is 10.2 Å². The Morgan fingerprint density at radius 2 is 2.08 bits per heavy atom. The molecule has 1 saturated heterocycles. The van der Waals surface area contributed by atoms with Gasteiger partial charge in [0.1, 0.15) is 12.3 Å². The maximum absolute atomic E-state index is 5.53. The van der Waals surface area contributed by atoms with E-state index in [1.807, 2.05) is 6.92 Å². The SMILES string of the molecule is CCOCc1nc(-c2n[nH]c3c2CCC3)n(C2CCN(C)CC2)n1. The second kappa shape index (κ2) is 6.64. The molecule has 4 rings (SSSR count). The summed E-state index contributed by atoms with van der Waals surface area (Å²) in [5.74, 6) is 1.68. The highest BCUT2D eigenvalue weighted by Gasteiger charge is 2.28. The monoisotopic (exact) mass is 330 g/mol. The molecule has 0 spiro atoms. The van der Waals surface area contributed by atoms with E-state index in [4.69, 9.17) is 14.8 Å². The molecule has 0 unspecified atom stereocenters. The van der Waals surface area contributed by atoms with Gasteiger partial charge in [0.05, 0.1) is 6.04 Å². The Balaban J connectivity index is 1.69. The van der Waals surface area contributed by atoms with Crippen LogP contribution in [0, 0.1) is 0 Å². The van der Waals surface area contributed by atoms with Crippen LogP contribution in [0.3, 0.4) is 0 Å². The minimum absolute atomic E-state index is 0.396. The van der Waals surface area contributed by atoms with Crippen molar-refractivity contribution < 1.29 is 4.74 Å². The summed E-state index contributed by atoms with van der Waals surface area (Å²) < 4.78 is 7.65. The number of likely N-dealkylation sites (tertiary alicyclic amines) is 1. The fraction of sp³-hybridized carbons (Fsp3) is 0.706. The lowest BCUT2D eigenvalue weighted by atomic mass is 10.1. The van der Waals surface area contributed by atoms with Crippen LogP contribution in [0.4, 0.5) is 0 Å². The van der Waals surface area contributed by atoms with Gasteiger partial charge in [-0.05, 0) is 59.2 Å². The molecule has 1 aliphatic heterocycles. The summed E-state index contributed by atoms with van der Waals surface area (Å²) in [6.45, 7) is 5.34. The Morgan fingerprint density at radius 1 is 1.25 bits per heavy atom. The van der Waals surface area contributed by atoms with Gasteiger partial charge in [-0.1, -0.05) is 0 Å². The van der Waals surface area contributed by atoms with Crippen molar-refractivity contribution in [3.8, 4) is 11.5 Å². The molecule has 2 aliphatic rings. The first kappa shape index (κ1) is 15.8. The van der Waals surface area contributed by atoms with E-state index in [1.165, 1.54) is 17.7 Å². The molecule has 7 nitrogen and oxygen atoms in total. The smallest absolute Gasteiger partial charge is 0.179 e. The molecule has 1 fully saturated rings. The van der Waals surface area contributed by atoms with Crippen LogP contribution >= 0.6 is 0 Å². The molecule has 1 aliphatic carbocycles. The lowest BCUT2D eigenvalue weighted by molar-refractivity contribution is 0.127. The summed E-state index contributed by atoms with van der Waals surface area (Å²) in [4.78, 5) is 7.17. The Labute approximate surface area is 142 Å². The van der Waals surface area contributed by atoms with Crippen LogP contribution in [-0.2, 0) is 24.2 Å². The Morgan fingerprint density at radius 3 is 2.88 bits per heavy atom. The summed E-state index contributed by atoms with van der Waals surface area (Å²) in [5.41, 5.74) is 3.60. The van der Waals surface area contributed by atoms with Gasteiger partial charge >= 0.3 is 0 Å². The fourth-order valence-corrected chi connectivity index (χ4v) is 3.78. The Bertz CT molecular complexity index is 698. The summed E-state index contributed by atoms with van der Waals surface area (Å²) in [6, 6.07) is 0.396. The predicted molar refractivity (Wildman–Crippen MR) is 90.7 cm³/mol. The standard InChI is InChI=1S/C17H26N6O/c1-3-24-11-15-18-17(16-13-5-4-6-14(13)19-20-16)23(21-15)12-7-9-22(2)10-8-12/h12H,3-11H2,1-2H3,(H,19,20). The number of hydrogen-bond acceptors (Lipinski definition) is 5. The highest BCUT2D eigenvalue weighted by molar-refractivity contribution is 5.58. The van der Waals surface area contributed by atoms with E-state index in [-0.39, 0.29) is 0 Å². The van der Waals surface area contributed by atoms with Crippen molar-refractivity contribution in [3.63, 3.8) is 0 Å². The molecule has 2 aromatic rings. The molecule has 0 aromatic carbocycles. The van der Waals surface area contributed by atoms with Crippen molar-refractivity contribution in [1.82, 2.24) is 29.9 Å². The molecule has 0 bridgehead atoms. The Kier molecular flexibility index (Phi) is 4.37. The highest BCUT2D eigenvalue weighted by Crippen LogP contribution is 2.32. The van der Waals surface area contributed by atoms with Gasteiger partial charge < -0.3 is 9.64 Å². The predicted octanol–water partition coefficient (Wildman–Crippen LogP) is 1.96. The van der Waals surface area contributed by atoms with Gasteiger partial charge in [0, 0.05) is 17.9 Å². The first-order valence-electron chi connectivity index (χ1n) is 9.04. The summed E-state index contributed by atoms with van der Waals surface area (Å²) in [5, 5.41) is 12.6. The van der Waals surface area contributed by atoms with E-state index >= 15 is 0 Å². The third-order valence-corrected chi connectivity index (χ3v) is 5.16. The van der Waals surface area contributed by atoms with Gasteiger partial charge in [-0.15, -0.1) is 0 Å². The maximum Gasteiger partial charge on any atom is 0.179 e. The van der Waals surface area contributed by atoms with Crippen LogP contribution in [-0.4, -0.2) is 56.6 Å². The minimum Gasteiger partial charge on any atom is -0.374 e. The minimum atomic E-state index is 0.396. The molecule has 24 heavy (non-hydrogen) atoms. The highest BCUT2D eigenvalue weighted by atomic mass is 16.5. The maximum atomic E-state index is 5.53. The fourth-order valence-electron chi connectivity index (χ4n) is 3.78. The molecule has 0 radical (unpaired) electrons. The lowest BCUT2D eigenvalue weighted by Gasteiger charge is -2.29. The second-order valence-electron chi connectivity index (χ2n) is 6.85. The average Bonchev–Trinajstić information content (AvgIpc) is 3.28. The van der Waals surface area contributed by atoms with Crippen molar-refractivity contribution in [2.45, 2.75) is 51.7 Å². The number of hydrogen-bond donors (Lipinski definition) is 1. The van der Waals surface area contributed by atoms with Crippen LogP contribution in [0.2, 0.25) is 0 Å². The zero-order chi connectivity index (χ0) is 16.5. The number of piperidine rings is 1. The van der Waals surface area contributed by atoms with E-state index in [0.717, 1.165) is 56.1 Å². The van der Waals surface area contributed by atoms with Crippen molar-refractivity contribution in [2.75, 3.05) is 26.7 Å². The number of nitrogens with zero attached hydrogens (tertiary/aromatic N) is 5. The molecule has 7 heteroatoms. The number of nitrogens with one attached hydrogen (secondary N) is 1. The molecular formula is C17H26N6O. The third-order valence-electron chi connectivity index (χ3n) is 5.16. The Hall–Kier alpha value is -1.73. The molecule has 2 aromatic heterocycles. The second-order valence-corrected chi connectivity index (χ2v) is 6.85. The number of fused-ring (bicyclic) bond motifs is 1. The van der Waals surface area contributed by atoms with E-state index in [1.54, 1.807) is 0 Å². The zero-order valence-corrected chi connectivity index (χ0v) is 14.6. The quantitative estimate of drug-likeness (QED) is 0.907. The van der Waals surface area contributed by atoms with Gasteiger partial charge in [0.25, 0.3) is 0 Å². The number of aryl methyl sites for hydroxylation is 1. The van der Waals surface area contributed by atoms with Gasteiger partial charge in [0.15, 0.2) is 11.6 Å². The number of rotatable bonds is 5. The van der Waals surface area contributed by atoms with Crippen molar-refractivity contribution >= 4 is 0 Å². The molecular weight excluding hydrogens is 304 g/mol. The van der Waals surface area contributed by atoms with Crippen molar-refractivity contribution in [1.29, 1.82) is 0 Å². The van der Waals surface area contributed by atoms with E-state index in [0.29, 0.717) is 19.3 Å². The van der Waals surface area contributed by atoms with Crippen LogP contribution < -0.4 is 0 Å². The summed E-state index contributed by atoms with van der Waals surface area (Å²) in [6.07, 6.45) is 5.59. The third kappa shape index (κ3) is 2.86. The molecule has 0 atom stereocenters. The lowest BCUT2D eigenvalue weighted by Crippen LogP contribution is -2.32. The van der Waals surface area contributed by atoms with Gasteiger partial charge in [-0.25, -0.2) is 9.67 Å². The summed E-state index contributed by atoms with van der Waals surface area (Å²) in [7, 11) is 2.18.